The monoisotopic (exact) mass is 552 g/mol. The van der Waals surface area contributed by atoms with Gasteiger partial charge in [0.15, 0.2) is 5.65 Å². The second-order valence-electron chi connectivity index (χ2n) is 11.5. The fourth-order valence-corrected chi connectivity index (χ4v) is 6.43. The van der Waals surface area contributed by atoms with Crippen LogP contribution in [0.5, 0.6) is 0 Å². The molecule has 2 amide bonds. The van der Waals surface area contributed by atoms with E-state index in [1.807, 2.05) is 34.1 Å². The molecule has 9 heteroatoms. The second-order valence-corrected chi connectivity index (χ2v) is 11.5. The normalized spacial score (nSPS) is 20.4. The fourth-order valence-electron chi connectivity index (χ4n) is 6.43. The Bertz CT molecular complexity index is 1680. The van der Waals surface area contributed by atoms with Gasteiger partial charge in [-0.2, -0.15) is 5.10 Å². The van der Waals surface area contributed by atoms with Crippen LogP contribution in [-0.4, -0.2) is 58.0 Å². The minimum atomic E-state index is -0.376. The molecule has 2 aromatic heterocycles. The number of benzene rings is 2. The van der Waals surface area contributed by atoms with Crippen LogP contribution in [-0.2, 0) is 11.2 Å². The van der Waals surface area contributed by atoms with E-state index in [0.29, 0.717) is 48.2 Å². The molecule has 4 heterocycles. The zero-order valence-electron chi connectivity index (χ0n) is 23.3. The van der Waals surface area contributed by atoms with Crippen molar-refractivity contribution in [3.8, 4) is 11.3 Å². The van der Waals surface area contributed by atoms with Crippen molar-refractivity contribution in [2.45, 2.75) is 44.6 Å². The number of anilines is 1. The van der Waals surface area contributed by atoms with Crippen molar-refractivity contribution in [1.82, 2.24) is 24.8 Å². The van der Waals surface area contributed by atoms with Gasteiger partial charge in [-0.1, -0.05) is 24.3 Å². The third-order valence-electron chi connectivity index (χ3n) is 8.92. The van der Waals surface area contributed by atoms with Gasteiger partial charge in [-0.3, -0.25) is 9.59 Å². The third kappa shape index (κ3) is 4.53. The van der Waals surface area contributed by atoms with E-state index in [1.165, 1.54) is 17.2 Å². The molecule has 2 aromatic carbocycles. The molecule has 8 nitrogen and oxygen atoms in total. The molecule has 2 aliphatic heterocycles. The van der Waals surface area contributed by atoms with Gasteiger partial charge >= 0.3 is 0 Å². The predicted molar refractivity (Wildman–Crippen MR) is 154 cm³/mol. The molecule has 210 valence electrons. The second kappa shape index (κ2) is 9.98. The maximum atomic E-state index is 15.5. The maximum Gasteiger partial charge on any atom is 0.273 e. The molecule has 4 aromatic rings. The Morgan fingerprint density at radius 1 is 1.02 bits per heavy atom. The zero-order chi connectivity index (χ0) is 28.2. The molecular formula is C32H33FN6O2. The highest BCUT2D eigenvalue weighted by Gasteiger charge is 2.33. The summed E-state index contributed by atoms with van der Waals surface area (Å²) < 4.78 is 17.3. The number of hydrogen-bond donors (Lipinski definition) is 1. The van der Waals surface area contributed by atoms with Gasteiger partial charge in [-0.25, -0.2) is 13.9 Å². The van der Waals surface area contributed by atoms with Gasteiger partial charge in [0, 0.05) is 55.6 Å². The van der Waals surface area contributed by atoms with Crippen LogP contribution in [0.3, 0.4) is 0 Å². The standard InChI is InChI=1S/C32H33FN6O2/c1-19-24-6-4-3-5-20(24)12-14-38(19)32(41)28-16-29(21-7-8-21)39-30(35-28)17-27(36-39)25-10-9-23(15-26(25)33)37-13-11-22(18-37)31(40)34-2/h3-6,9-10,15-17,19,21-22H,7-8,11-14,18H2,1-2H3,(H,34,40)/t19-,22+/m1/s1. The summed E-state index contributed by atoms with van der Waals surface area (Å²) in [5, 5.41) is 7.46. The van der Waals surface area contributed by atoms with Crippen molar-refractivity contribution in [2.24, 2.45) is 5.92 Å². The number of nitrogens with one attached hydrogen (secondary N) is 1. The van der Waals surface area contributed by atoms with Gasteiger partial charge in [-0.05, 0) is 68.0 Å². The lowest BCUT2D eigenvalue weighted by atomic mass is 9.93. The first-order valence-corrected chi connectivity index (χ1v) is 14.5. The molecule has 3 aliphatic rings. The van der Waals surface area contributed by atoms with E-state index in [-0.39, 0.29) is 29.6 Å². The molecule has 1 N–H and O–H groups in total. The largest absolute Gasteiger partial charge is 0.371 e. The molecule has 2 atom stereocenters. The summed E-state index contributed by atoms with van der Waals surface area (Å²) in [6.07, 6.45) is 3.63. The molecule has 0 radical (unpaired) electrons. The van der Waals surface area contributed by atoms with E-state index >= 15 is 4.39 Å². The summed E-state index contributed by atoms with van der Waals surface area (Å²) in [6.45, 7) is 3.99. The topological polar surface area (TPSA) is 82.8 Å². The summed E-state index contributed by atoms with van der Waals surface area (Å²) in [5.74, 6) is -0.219. The summed E-state index contributed by atoms with van der Waals surface area (Å²) in [7, 11) is 1.64. The first-order chi connectivity index (χ1) is 19.9. The first-order valence-electron chi connectivity index (χ1n) is 14.5. The summed E-state index contributed by atoms with van der Waals surface area (Å²) in [4.78, 5) is 34.5. The Hall–Kier alpha value is -4.27. The smallest absolute Gasteiger partial charge is 0.273 e. The highest BCUT2D eigenvalue weighted by Crippen LogP contribution is 2.41. The fraction of sp³-hybridized carbons (Fsp3) is 0.375. The number of carbonyl (C=O) groups excluding carboxylic acids is 2. The van der Waals surface area contributed by atoms with Crippen molar-refractivity contribution in [1.29, 1.82) is 0 Å². The summed E-state index contributed by atoms with van der Waals surface area (Å²) in [5.41, 5.74) is 6.00. The van der Waals surface area contributed by atoms with Gasteiger partial charge in [0.25, 0.3) is 5.91 Å². The molecule has 1 saturated carbocycles. The van der Waals surface area contributed by atoms with E-state index in [1.54, 1.807) is 23.7 Å². The van der Waals surface area contributed by atoms with E-state index in [9.17, 15) is 9.59 Å². The van der Waals surface area contributed by atoms with Crippen molar-refractivity contribution in [3.63, 3.8) is 0 Å². The van der Waals surface area contributed by atoms with Crippen LogP contribution in [0.1, 0.15) is 65.5 Å². The van der Waals surface area contributed by atoms with Gasteiger partial charge in [0.2, 0.25) is 5.91 Å². The number of nitrogens with zero attached hydrogens (tertiary/aromatic N) is 5. The van der Waals surface area contributed by atoms with Crippen LogP contribution in [0.25, 0.3) is 16.9 Å². The van der Waals surface area contributed by atoms with Crippen LogP contribution in [0, 0.1) is 11.7 Å². The number of amides is 2. The van der Waals surface area contributed by atoms with Crippen molar-refractivity contribution in [2.75, 3.05) is 31.6 Å². The van der Waals surface area contributed by atoms with Crippen LogP contribution in [0.15, 0.2) is 54.6 Å². The van der Waals surface area contributed by atoms with E-state index in [4.69, 9.17) is 10.1 Å². The number of rotatable bonds is 5. The molecule has 1 aliphatic carbocycles. The maximum absolute atomic E-state index is 15.5. The average molecular weight is 553 g/mol. The molecule has 1 saturated heterocycles. The number of fused-ring (bicyclic) bond motifs is 2. The number of halogens is 1. The van der Waals surface area contributed by atoms with Crippen LogP contribution >= 0.6 is 0 Å². The third-order valence-corrected chi connectivity index (χ3v) is 8.92. The summed E-state index contributed by atoms with van der Waals surface area (Å²) >= 11 is 0. The molecule has 2 fully saturated rings. The molecule has 7 rings (SSSR count). The van der Waals surface area contributed by atoms with Crippen molar-refractivity contribution in [3.05, 3.63) is 82.9 Å². The average Bonchev–Trinajstić information content (AvgIpc) is 3.55. The molecule has 0 bridgehead atoms. The van der Waals surface area contributed by atoms with E-state index in [2.05, 4.69) is 24.4 Å². The molecule has 0 unspecified atom stereocenters. The summed E-state index contributed by atoms with van der Waals surface area (Å²) in [6, 6.07) is 17.1. The van der Waals surface area contributed by atoms with Gasteiger partial charge in [-0.15, -0.1) is 0 Å². The quantitative estimate of drug-likeness (QED) is 0.387. The lowest BCUT2D eigenvalue weighted by Gasteiger charge is -2.35. The van der Waals surface area contributed by atoms with Crippen LogP contribution in [0.4, 0.5) is 10.1 Å². The van der Waals surface area contributed by atoms with Gasteiger partial charge in [0.05, 0.1) is 17.7 Å². The van der Waals surface area contributed by atoms with Crippen molar-refractivity contribution >= 4 is 23.1 Å². The number of hydrogen-bond acceptors (Lipinski definition) is 5. The van der Waals surface area contributed by atoms with Crippen LogP contribution in [0.2, 0.25) is 0 Å². The van der Waals surface area contributed by atoms with E-state index < -0.39 is 0 Å². The SMILES string of the molecule is CNC(=O)[C@H]1CCN(c2ccc(-c3cc4nc(C(=O)N5CCc6ccccc6[C@H]5C)cc(C5CC5)n4n3)c(F)c2)C1. The predicted octanol–water partition coefficient (Wildman–Crippen LogP) is 4.74. The Balaban J connectivity index is 1.19. The van der Waals surface area contributed by atoms with E-state index in [0.717, 1.165) is 37.1 Å². The molecular weight excluding hydrogens is 519 g/mol. The lowest BCUT2D eigenvalue weighted by Crippen LogP contribution is -2.39. The highest BCUT2D eigenvalue weighted by atomic mass is 19.1. The van der Waals surface area contributed by atoms with Gasteiger partial charge < -0.3 is 15.1 Å². The molecule has 0 spiro atoms. The Morgan fingerprint density at radius 2 is 1.85 bits per heavy atom. The minimum absolute atomic E-state index is 0.0191. The Morgan fingerprint density at radius 3 is 2.63 bits per heavy atom. The number of aromatic nitrogens is 3. The Labute approximate surface area is 238 Å². The molecule has 41 heavy (non-hydrogen) atoms. The lowest BCUT2D eigenvalue weighted by molar-refractivity contribution is -0.123. The minimum Gasteiger partial charge on any atom is -0.371 e. The Kier molecular flexibility index (Phi) is 6.25. The number of carbonyl (C=O) groups is 2. The highest BCUT2D eigenvalue weighted by molar-refractivity contribution is 5.93. The van der Waals surface area contributed by atoms with Gasteiger partial charge in [0.1, 0.15) is 11.5 Å². The van der Waals surface area contributed by atoms with Crippen LogP contribution < -0.4 is 10.2 Å². The van der Waals surface area contributed by atoms with Crippen molar-refractivity contribution < 1.29 is 14.0 Å². The first kappa shape index (κ1) is 25.7. The zero-order valence-corrected chi connectivity index (χ0v) is 23.3.